The van der Waals surface area contributed by atoms with Crippen LogP contribution in [0.4, 0.5) is 25.8 Å². The van der Waals surface area contributed by atoms with Crippen molar-refractivity contribution < 1.29 is 8.78 Å². The summed E-state index contributed by atoms with van der Waals surface area (Å²) < 4.78 is 26.7. The standard InChI is InChI=1S/C12H8ClF2IN2/c13-7-3-6(14)1-2-11(7)18-12-4-8(15)9(16)5-10(12)17/h1-5,18H,17H2. The van der Waals surface area contributed by atoms with Crippen LogP contribution in [0.25, 0.3) is 0 Å². The van der Waals surface area contributed by atoms with Crippen LogP contribution in [0.2, 0.25) is 5.02 Å². The molecule has 94 valence electrons. The lowest BCUT2D eigenvalue weighted by Gasteiger charge is -2.11. The fourth-order valence-corrected chi connectivity index (χ4v) is 2.11. The molecule has 0 aliphatic heterocycles. The van der Waals surface area contributed by atoms with Gasteiger partial charge in [-0.3, -0.25) is 0 Å². The second-order valence-electron chi connectivity index (χ2n) is 3.60. The second kappa shape index (κ2) is 5.27. The summed E-state index contributed by atoms with van der Waals surface area (Å²) in [6.45, 7) is 0. The van der Waals surface area contributed by atoms with Crippen LogP contribution >= 0.6 is 34.2 Å². The Labute approximate surface area is 121 Å². The van der Waals surface area contributed by atoms with Crippen LogP contribution in [0.3, 0.4) is 0 Å². The molecule has 2 aromatic carbocycles. The Balaban J connectivity index is 2.37. The Kier molecular flexibility index (Phi) is 3.91. The van der Waals surface area contributed by atoms with Crippen molar-refractivity contribution in [3.05, 3.63) is 50.6 Å². The van der Waals surface area contributed by atoms with E-state index in [2.05, 4.69) is 5.32 Å². The number of hydrogen-bond donors (Lipinski definition) is 2. The van der Waals surface area contributed by atoms with Crippen LogP contribution in [0, 0.1) is 15.2 Å². The lowest BCUT2D eigenvalue weighted by Crippen LogP contribution is -1.99. The van der Waals surface area contributed by atoms with Gasteiger partial charge in [-0.15, -0.1) is 0 Å². The van der Waals surface area contributed by atoms with Crippen molar-refractivity contribution in [3.63, 3.8) is 0 Å². The molecule has 0 aliphatic carbocycles. The summed E-state index contributed by atoms with van der Waals surface area (Å²) in [6.07, 6.45) is 0. The normalized spacial score (nSPS) is 10.4. The van der Waals surface area contributed by atoms with Crippen LogP contribution in [-0.4, -0.2) is 0 Å². The number of benzene rings is 2. The molecule has 2 nitrogen and oxygen atoms in total. The number of rotatable bonds is 2. The Morgan fingerprint density at radius 1 is 1.11 bits per heavy atom. The van der Waals surface area contributed by atoms with Gasteiger partial charge in [0.05, 0.1) is 25.7 Å². The molecular weight excluding hydrogens is 372 g/mol. The first kappa shape index (κ1) is 13.4. The molecule has 0 aliphatic rings. The van der Waals surface area contributed by atoms with Crippen molar-refractivity contribution in [2.24, 2.45) is 0 Å². The highest BCUT2D eigenvalue weighted by Crippen LogP contribution is 2.30. The molecule has 0 amide bonds. The van der Waals surface area contributed by atoms with Crippen molar-refractivity contribution in [2.45, 2.75) is 0 Å². The van der Waals surface area contributed by atoms with Gasteiger partial charge in [-0.1, -0.05) is 11.6 Å². The van der Waals surface area contributed by atoms with Crippen molar-refractivity contribution >= 4 is 51.3 Å². The third kappa shape index (κ3) is 2.84. The summed E-state index contributed by atoms with van der Waals surface area (Å²) >= 11 is 7.71. The maximum atomic E-state index is 13.4. The van der Waals surface area contributed by atoms with Gasteiger partial charge < -0.3 is 11.1 Å². The molecule has 0 saturated heterocycles. The highest BCUT2D eigenvalue weighted by atomic mass is 127. The smallest absolute Gasteiger partial charge is 0.138 e. The predicted molar refractivity (Wildman–Crippen MR) is 78.2 cm³/mol. The van der Waals surface area contributed by atoms with Gasteiger partial charge in [-0.2, -0.15) is 0 Å². The predicted octanol–water partition coefficient (Wildman–Crippen LogP) is 4.55. The molecular formula is C12H8ClF2IN2. The van der Waals surface area contributed by atoms with Gasteiger partial charge in [0, 0.05) is 6.07 Å². The zero-order chi connectivity index (χ0) is 13.3. The van der Waals surface area contributed by atoms with Gasteiger partial charge >= 0.3 is 0 Å². The summed E-state index contributed by atoms with van der Waals surface area (Å²) in [6, 6.07) is 6.68. The highest BCUT2D eigenvalue weighted by Gasteiger charge is 2.08. The Morgan fingerprint density at radius 2 is 1.83 bits per heavy atom. The quantitative estimate of drug-likeness (QED) is 0.593. The van der Waals surface area contributed by atoms with Gasteiger partial charge in [0.25, 0.3) is 0 Å². The topological polar surface area (TPSA) is 38.0 Å². The largest absolute Gasteiger partial charge is 0.397 e. The average Bonchev–Trinajstić information content (AvgIpc) is 2.29. The van der Waals surface area contributed by atoms with Crippen LogP contribution in [0.15, 0.2) is 30.3 Å². The van der Waals surface area contributed by atoms with E-state index in [1.165, 1.54) is 30.3 Å². The van der Waals surface area contributed by atoms with E-state index in [9.17, 15) is 8.78 Å². The van der Waals surface area contributed by atoms with Crippen molar-refractivity contribution in [1.82, 2.24) is 0 Å². The first-order chi connectivity index (χ1) is 8.47. The Morgan fingerprint density at radius 3 is 2.50 bits per heavy atom. The van der Waals surface area contributed by atoms with E-state index < -0.39 is 5.82 Å². The van der Waals surface area contributed by atoms with Gasteiger partial charge in [-0.25, -0.2) is 8.78 Å². The molecule has 2 rings (SSSR count). The number of nitrogens with one attached hydrogen (secondary N) is 1. The van der Waals surface area contributed by atoms with Crippen LogP contribution < -0.4 is 11.1 Å². The summed E-state index contributed by atoms with van der Waals surface area (Å²) in [5.41, 5.74) is 7.01. The van der Waals surface area contributed by atoms with Gasteiger partial charge in [-0.05, 0) is 46.9 Å². The van der Waals surface area contributed by atoms with Gasteiger partial charge in [0.1, 0.15) is 11.6 Å². The first-order valence-corrected chi connectivity index (χ1v) is 6.39. The average molecular weight is 381 g/mol. The van der Waals surface area contributed by atoms with E-state index in [-0.39, 0.29) is 10.8 Å². The van der Waals surface area contributed by atoms with E-state index in [4.69, 9.17) is 17.3 Å². The Hall–Kier alpha value is -1.08. The summed E-state index contributed by atoms with van der Waals surface area (Å²) in [4.78, 5) is 0. The fraction of sp³-hybridized carbons (Fsp3) is 0. The molecule has 0 heterocycles. The fourth-order valence-electron chi connectivity index (χ4n) is 1.41. The molecule has 3 N–H and O–H groups in total. The lowest BCUT2D eigenvalue weighted by molar-refractivity contribution is 0.621. The molecule has 2 aromatic rings. The molecule has 0 radical (unpaired) electrons. The highest BCUT2D eigenvalue weighted by molar-refractivity contribution is 14.1. The number of anilines is 3. The molecule has 0 bridgehead atoms. The maximum absolute atomic E-state index is 13.4. The lowest BCUT2D eigenvalue weighted by atomic mass is 10.2. The van der Waals surface area contributed by atoms with Crippen LogP contribution in [-0.2, 0) is 0 Å². The molecule has 0 spiro atoms. The van der Waals surface area contributed by atoms with E-state index >= 15 is 0 Å². The monoisotopic (exact) mass is 380 g/mol. The minimum absolute atomic E-state index is 0.202. The van der Waals surface area contributed by atoms with Crippen molar-refractivity contribution in [2.75, 3.05) is 11.1 Å². The van der Waals surface area contributed by atoms with Crippen molar-refractivity contribution in [3.8, 4) is 0 Å². The third-order valence-corrected chi connectivity index (χ3v) is 3.43. The SMILES string of the molecule is Nc1cc(I)c(F)cc1Nc1ccc(F)cc1Cl. The molecule has 6 heteroatoms. The molecule has 0 atom stereocenters. The van der Waals surface area contributed by atoms with Gasteiger partial charge in [0.15, 0.2) is 0 Å². The molecule has 0 fully saturated rings. The molecule has 0 saturated carbocycles. The van der Waals surface area contributed by atoms with Gasteiger partial charge in [0.2, 0.25) is 0 Å². The summed E-state index contributed by atoms with van der Waals surface area (Å²) in [5, 5.41) is 3.07. The summed E-state index contributed by atoms with van der Waals surface area (Å²) in [5.74, 6) is -0.821. The summed E-state index contributed by atoms with van der Waals surface area (Å²) in [7, 11) is 0. The maximum Gasteiger partial charge on any atom is 0.138 e. The van der Waals surface area contributed by atoms with Crippen molar-refractivity contribution in [1.29, 1.82) is 0 Å². The van der Waals surface area contributed by atoms with Crippen LogP contribution in [0.5, 0.6) is 0 Å². The Bertz CT molecular complexity index is 605. The number of hydrogen-bond acceptors (Lipinski definition) is 2. The molecule has 18 heavy (non-hydrogen) atoms. The van der Waals surface area contributed by atoms with E-state index in [0.717, 1.165) is 0 Å². The zero-order valence-electron chi connectivity index (χ0n) is 8.98. The second-order valence-corrected chi connectivity index (χ2v) is 5.17. The number of nitrogens with two attached hydrogens (primary N) is 1. The molecule has 0 aromatic heterocycles. The minimum atomic E-state index is -0.438. The van der Waals surface area contributed by atoms with E-state index in [1.807, 2.05) is 22.6 Å². The van der Waals surface area contributed by atoms with E-state index in [1.54, 1.807) is 0 Å². The first-order valence-electron chi connectivity index (χ1n) is 4.94. The zero-order valence-corrected chi connectivity index (χ0v) is 11.9. The minimum Gasteiger partial charge on any atom is -0.397 e. The van der Waals surface area contributed by atoms with Crippen LogP contribution in [0.1, 0.15) is 0 Å². The number of nitrogen functional groups attached to an aromatic ring is 1. The number of halogens is 4. The van der Waals surface area contributed by atoms with E-state index in [0.29, 0.717) is 20.6 Å². The molecule has 0 unspecified atom stereocenters. The third-order valence-electron chi connectivity index (χ3n) is 2.29.